The van der Waals surface area contributed by atoms with Crippen molar-refractivity contribution < 1.29 is 14.3 Å². The van der Waals surface area contributed by atoms with E-state index >= 15 is 0 Å². The van der Waals surface area contributed by atoms with Crippen LogP contribution in [0.25, 0.3) is 0 Å². The third-order valence-electron chi connectivity index (χ3n) is 1.57. The van der Waals surface area contributed by atoms with Crippen LogP contribution < -0.4 is 15.2 Å². The summed E-state index contributed by atoms with van der Waals surface area (Å²) in [6.45, 7) is 3.88. The van der Waals surface area contributed by atoms with E-state index in [2.05, 4.69) is 6.58 Å². The Labute approximate surface area is 88.3 Å². The normalized spacial score (nSPS) is 9.33. The minimum Gasteiger partial charge on any atom is -0.490 e. The van der Waals surface area contributed by atoms with Gasteiger partial charge in [-0.05, 0) is 24.3 Å². The number of hydrogen-bond donors (Lipinski definition) is 1. The van der Waals surface area contributed by atoms with Crippen LogP contribution in [0.1, 0.15) is 0 Å². The topological polar surface area (TPSA) is 61.6 Å². The lowest BCUT2D eigenvalue weighted by molar-refractivity contribution is -0.119. The third-order valence-corrected chi connectivity index (χ3v) is 1.57. The summed E-state index contributed by atoms with van der Waals surface area (Å²) in [7, 11) is 0. The molecular formula is C11H13NO3. The van der Waals surface area contributed by atoms with Crippen LogP contribution in [0.15, 0.2) is 36.9 Å². The molecule has 1 aromatic rings. The highest BCUT2D eigenvalue weighted by atomic mass is 16.5. The highest BCUT2D eigenvalue weighted by molar-refractivity contribution is 5.75. The van der Waals surface area contributed by atoms with Gasteiger partial charge in [0.25, 0.3) is 5.91 Å². The third kappa shape index (κ3) is 4.17. The summed E-state index contributed by atoms with van der Waals surface area (Å²) in [4.78, 5) is 10.4. The van der Waals surface area contributed by atoms with Crippen molar-refractivity contribution in [3.8, 4) is 11.5 Å². The van der Waals surface area contributed by atoms with Crippen LogP contribution in [0.4, 0.5) is 0 Å². The molecule has 1 amide bonds. The molecule has 4 heteroatoms. The summed E-state index contributed by atoms with van der Waals surface area (Å²) in [5.41, 5.74) is 4.94. The Morgan fingerprint density at radius 2 is 1.80 bits per heavy atom. The number of benzene rings is 1. The second-order valence-electron chi connectivity index (χ2n) is 2.83. The van der Waals surface area contributed by atoms with Crippen molar-refractivity contribution in [3.63, 3.8) is 0 Å². The molecule has 0 aliphatic carbocycles. The number of ether oxygens (including phenoxy) is 2. The zero-order valence-electron chi connectivity index (χ0n) is 8.31. The Balaban J connectivity index is 2.48. The van der Waals surface area contributed by atoms with E-state index in [0.717, 1.165) is 5.75 Å². The summed E-state index contributed by atoms with van der Waals surface area (Å²) in [5.74, 6) is 0.808. The van der Waals surface area contributed by atoms with Gasteiger partial charge in [-0.25, -0.2) is 0 Å². The average molecular weight is 207 g/mol. The van der Waals surface area contributed by atoms with Crippen molar-refractivity contribution in [2.45, 2.75) is 0 Å². The maximum Gasteiger partial charge on any atom is 0.255 e. The van der Waals surface area contributed by atoms with E-state index in [9.17, 15) is 4.79 Å². The summed E-state index contributed by atoms with van der Waals surface area (Å²) in [6, 6.07) is 6.92. The number of nitrogens with two attached hydrogens (primary N) is 1. The summed E-state index contributed by atoms with van der Waals surface area (Å²) < 4.78 is 10.3. The maximum absolute atomic E-state index is 10.4. The van der Waals surface area contributed by atoms with Gasteiger partial charge in [0.05, 0.1) is 0 Å². The van der Waals surface area contributed by atoms with Crippen LogP contribution in [-0.2, 0) is 4.79 Å². The lowest BCUT2D eigenvalue weighted by atomic mass is 10.3. The first-order valence-electron chi connectivity index (χ1n) is 4.47. The van der Waals surface area contributed by atoms with Crippen LogP contribution in [0.2, 0.25) is 0 Å². The van der Waals surface area contributed by atoms with E-state index in [4.69, 9.17) is 15.2 Å². The lowest BCUT2D eigenvalue weighted by Crippen LogP contribution is -2.19. The van der Waals surface area contributed by atoms with E-state index in [1.165, 1.54) is 0 Å². The second-order valence-corrected chi connectivity index (χ2v) is 2.83. The molecule has 4 nitrogen and oxygen atoms in total. The van der Waals surface area contributed by atoms with Gasteiger partial charge in [0.2, 0.25) is 0 Å². The van der Waals surface area contributed by atoms with Gasteiger partial charge in [-0.2, -0.15) is 0 Å². The molecule has 0 aliphatic rings. The molecular weight excluding hydrogens is 194 g/mol. The van der Waals surface area contributed by atoms with Crippen LogP contribution in [0.5, 0.6) is 11.5 Å². The largest absolute Gasteiger partial charge is 0.490 e. The van der Waals surface area contributed by atoms with E-state index in [1.54, 1.807) is 30.3 Å². The molecule has 0 atom stereocenters. The molecule has 0 radical (unpaired) electrons. The Bertz CT molecular complexity index is 332. The maximum atomic E-state index is 10.4. The Hall–Kier alpha value is -1.97. The SMILES string of the molecule is C=CCOc1ccc(OCC(N)=O)cc1. The summed E-state index contributed by atoms with van der Waals surface area (Å²) >= 11 is 0. The van der Waals surface area contributed by atoms with Gasteiger partial charge in [0, 0.05) is 0 Å². The molecule has 0 aliphatic heterocycles. The Morgan fingerprint density at radius 1 is 1.27 bits per heavy atom. The average Bonchev–Trinajstić information content (AvgIpc) is 2.25. The molecule has 0 fully saturated rings. The van der Waals surface area contributed by atoms with Crippen LogP contribution in [0.3, 0.4) is 0 Å². The molecule has 0 heterocycles. The number of amides is 1. The molecule has 0 bridgehead atoms. The molecule has 0 spiro atoms. The Kier molecular flexibility index (Phi) is 4.22. The first kappa shape index (κ1) is 11.1. The first-order valence-corrected chi connectivity index (χ1v) is 4.47. The van der Waals surface area contributed by atoms with Crippen molar-refractivity contribution in [3.05, 3.63) is 36.9 Å². The molecule has 1 rings (SSSR count). The molecule has 0 unspecified atom stereocenters. The standard InChI is InChI=1S/C11H13NO3/c1-2-7-14-9-3-5-10(6-4-9)15-8-11(12)13/h2-6H,1,7-8H2,(H2,12,13). The molecule has 0 saturated heterocycles. The minimum atomic E-state index is -0.498. The van der Waals surface area contributed by atoms with Gasteiger partial charge in [0.15, 0.2) is 6.61 Å². The fraction of sp³-hybridized carbons (Fsp3) is 0.182. The number of carbonyl (C=O) groups is 1. The highest BCUT2D eigenvalue weighted by Crippen LogP contribution is 2.17. The summed E-state index contributed by atoms with van der Waals surface area (Å²) in [6.07, 6.45) is 1.66. The number of primary amides is 1. The molecule has 2 N–H and O–H groups in total. The fourth-order valence-electron chi connectivity index (χ4n) is 0.942. The molecule has 80 valence electrons. The minimum absolute atomic E-state index is 0.118. The van der Waals surface area contributed by atoms with E-state index in [1.807, 2.05) is 0 Å². The predicted molar refractivity (Wildman–Crippen MR) is 56.8 cm³/mol. The number of carbonyl (C=O) groups excluding carboxylic acids is 1. The van der Waals surface area contributed by atoms with Crippen LogP contribution in [-0.4, -0.2) is 19.1 Å². The Morgan fingerprint density at radius 3 is 2.27 bits per heavy atom. The molecule has 0 saturated carbocycles. The van der Waals surface area contributed by atoms with Crippen molar-refractivity contribution in [1.29, 1.82) is 0 Å². The van der Waals surface area contributed by atoms with Gasteiger partial charge < -0.3 is 15.2 Å². The zero-order chi connectivity index (χ0) is 11.1. The predicted octanol–water partition coefficient (Wildman–Crippen LogP) is 1.12. The highest BCUT2D eigenvalue weighted by Gasteiger charge is 1.97. The molecule has 15 heavy (non-hydrogen) atoms. The molecule has 0 aromatic heterocycles. The zero-order valence-corrected chi connectivity index (χ0v) is 8.31. The van der Waals surface area contributed by atoms with Crippen LogP contribution in [0, 0.1) is 0 Å². The van der Waals surface area contributed by atoms with E-state index in [0.29, 0.717) is 12.4 Å². The van der Waals surface area contributed by atoms with E-state index in [-0.39, 0.29) is 6.61 Å². The number of hydrogen-bond acceptors (Lipinski definition) is 3. The monoisotopic (exact) mass is 207 g/mol. The first-order chi connectivity index (χ1) is 7.22. The quantitative estimate of drug-likeness (QED) is 0.711. The lowest BCUT2D eigenvalue weighted by Gasteiger charge is -2.05. The van der Waals surface area contributed by atoms with E-state index < -0.39 is 5.91 Å². The molecule has 1 aromatic carbocycles. The van der Waals surface area contributed by atoms with Gasteiger partial charge in [-0.15, -0.1) is 0 Å². The van der Waals surface area contributed by atoms with Crippen molar-refractivity contribution in [1.82, 2.24) is 0 Å². The van der Waals surface area contributed by atoms with Crippen molar-refractivity contribution >= 4 is 5.91 Å². The fourth-order valence-corrected chi connectivity index (χ4v) is 0.942. The van der Waals surface area contributed by atoms with Gasteiger partial charge in [0.1, 0.15) is 18.1 Å². The van der Waals surface area contributed by atoms with Crippen LogP contribution >= 0.6 is 0 Å². The summed E-state index contributed by atoms with van der Waals surface area (Å²) in [5, 5.41) is 0. The van der Waals surface area contributed by atoms with Crippen molar-refractivity contribution in [2.24, 2.45) is 5.73 Å². The second kappa shape index (κ2) is 5.70. The van der Waals surface area contributed by atoms with Gasteiger partial charge in [-0.1, -0.05) is 12.7 Å². The number of rotatable bonds is 6. The van der Waals surface area contributed by atoms with Gasteiger partial charge in [-0.3, -0.25) is 4.79 Å². The van der Waals surface area contributed by atoms with Crippen molar-refractivity contribution in [2.75, 3.05) is 13.2 Å². The smallest absolute Gasteiger partial charge is 0.255 e. The van der Waals surface area contributed by atoms with Gasteiger partial charge >= 0.3 is 0 Å².